The lowest BCUT2D eigenvalue weighted by molar-refractivity contribution is -0.137. The Hall–Kier alpha value is -2.87. The van der Waals surface area contributed by atoms with Crippen LogP contribution in [0.4, 0.5) is 18.9 Å². The first-order valence-corrected chi connectivity index (χ1v) is 8.75. The van der Waals surface area contributed by atoms with Crippen molar-refractivity contribution >= 4 is 23.2 Å². The Balaban J connectivity index is 1.47. The van der Waals surface area contributed by atoms with Crippen LogP contribution in [0.15, 0.2) is 53.1 Å². The number of aromatic nitrogens is 2. The fourth-order valence-corrected chi connectivity index (χ4v) is 2.56. The van der Waals surface area contributed by atoms with Crippen LogP contribution in [0.1, 0.15) is 24.3 Å². The molecular weight excluding hydrogens is 395 g/mol. The Morgan fingerprint density at radius 1 is 1.07 bits per heavy atom. The van der Waals surface area contributed by atoms with E-state index in [9.17, 15) is 18.0 Å². The average molecular weight is 410 g/mol. The molecule has 1 aromatic heterocycles. The Bertz CT molecular complexity index is 938. The molecular formula is C19H15ClF3N3O2. The largest absolute Gasteiger partial charge is 0.416 e. The standard InChI is InChI=1S/C19H15ClF3N3O2/c20-14-8-4-12(5-9-14)18-25-17(28-26-18)3-1-2-16(27)24-15-10-6-13(7-11-15)19(21,22)23/h4-11H,1-3H2,(H,24,27). The minimum absolute atomic E-state index is 0.166. The topological polar surface area (TPSA) is 68.0 Å². The van der Waals surface area contributed by atoms with Crippen molar-refractivity contribution < 1.29 is 22.5 Å². The lowest BCUT2D eigenvalue weighted by Crippen LogP contribution is -2.12. The van der Waals surface area contributed by atoms with Crippen LogP contribution in [0.2, 0.25) is 5.02 Å². The van der Waals surface area contributed by atoms with Gasteiger partial charge in [-0.1, -0.05) is 16.8 Å². The smallest absolute Gasteiger partial charge is 0.339 e. The number of aryl methyl sites for hydroxylation is 1. The average Bonchev–Trinajstić information content (AvgIpc) is 3.11. The van der Waals surface area contributed by atoms with E-state index in [0.29, 0.717) is 35.3 Å². The van der Waals surface area contributed by atoms with Gasteiger partial charge in [0.05, 0.1) is 5.56 Å². The quantitative estimate of drug-likeness (QED) is 0.594. The molecule has 9 heteroatoms. The monoisotopic (exact) mass is 409 g/mol. The molecule has 5 nitrogen and oxygen atoms in total. The van der Waals surface area contributed by atoms with Crippen molar-refractivity contribution in [2.75, 3.05) is 5.32 Å². The number of rotatable bonds is 6. The van der Waals surface area contributed by atoms with Gasteiger partial charge in [0.2, 0.25) is 17.6 Å². The molecule has 146 valence electrons. The lowest BCUT2D eigenvalue weighted by atomic mass is 10.2. The fourth-order valence-electron chi connectivity index (χ4n) is 2.44. The molecule has 0 bridgehead atoms. The zero-order valence-corrected chi connectivity index (χ0v) is 15.2. The number of amides is 1. The van der Waals surface area contributed by atoms with Crippen LogP contribution in [-0.4, -0.2) is 16.0 Å². The third kappa shape index (κ3) is 5.32. The van der Waals surface area contributed by atoms with E-state index in [1.807, 2.05) is 0 Å². The molecule has 2 aromatic carbocycles. The summed E-state index contributed by atoms with van der Waals surface area (Å²) in [6.45, 7) is 0. The van der Waals surface area contributed by atoms with Crippen molar-refractivity contribution in [1.82, 2.24) is 10.1 Å². The molecule has 1 amide bonds. The van der Waals surface area contributed by atoms with Gasteiger partial charge in [-0.3, -0.25) is 4.79 Å². The van der Waals surface area contributed by atoms with Crippen molar-refractivity contribution in [2.24, 2.45) is 0 Å². The number of carbonyl (C=O) groups is 1. The van der Waals surface area contributed by atoms with Gasteiger partial charge in [-0.05, 0) is 55.0 Å². The minimum atomic E-state index is -4.41. The summed E-state index contributed by atoms with van der Waals surface area (Å²) in [5, 5.41) is 7.05. The van der Waals surface area contributed by atoms with E-state index in [1.165, 1.54) is 12.1 Å². The fraction of sp³-hybridized carbons (Fsp3) is 0.211. The number of nitrogens with one attached hydrogen (secondary N) is 1. The van der Waals surface area contributed by atoms with Gasteiger partial charge in [-0.25, -0.2) is 0 Å². The van der Waals surface area contributed by atoms with Gasteiger partial charge in [0.15, 0.2) is 0 Å². The highest BCUT2D eigenvalue weighted by Crippen LogP contribution is 2.29. The molecule has 28 heavy (non-hydrogen) atoms. The van der Waals surface area contributed by atoms with Gasteiger partial charge >= 0.3 is 6.18 Å². The van der Waals surface area contributed by atoms with Gasteiger partial charge in [0.1, 0.15) is 0 Å². The van der Waals surface area contributed by atoms with Gasteiger partial charge < -0.3 is 9.84 Å². The maximum atomic E-state index is 12.5. The maximum absolute atomic E-state index is 12.5. The molecule has 0 atom stereocenters. The van der Waals surface area contributed by atoms with E-state index in [1.54, 1.807) is 24.3 Å². The number of nitrogens with zero attached hydrogens (tertiary/aromatic N) is 2. The Morgan fingerprint density at radius 2 is 1.75 bits per heavy atom. The Kier molecular flexibility index (Phi) is 5.99. The highest BCUT2D eigenvalue weighted by molar-refractivity contribution is 6.30. The van der Waals surface area contributed by atoms with Gasteiger partial charge in [-0.2, -0.15) is 18.2 Å². The Labute approximate surface area is 163 Å². The van der Waals surface area contributed by atoms with E-state index in [2.05, 4.69) is 15.5 Å². The summed E-state index contributed by atoms with van der Waals surface area (Å²) in [6.07, 6.45) is -3.38. The van der Waals surface area contributed by atoms with Crippen LogP contribution in [0.5, 0.6) is 0 Å². The number of halogens is 4. The second-order valence-corrected chi connectivity index (χ2v) is 6.43. The molecule has 3 rings (SSSR count). The number of carbonyl (C=O) groups excluding carboxylic acids is 1. The molecule has 1 N–H and O–H groups in total. The number of alkyl halides is 3. The van der Waals surface area contributed by atoms with Crippen LogP contribution in [0, 0.1) is 0 Å². The normalized spacial score (nSPS) is 11.4. The second kappa shape index (κ2) is 8.43. The van der Waals surface area contributed by atoms with Crippen molar-refractivity contribution in [1.29, 1.82) is 0 Å². The summed E-state index contributed by atoms with van der Waals surface area (Å²) in [5.74, 6) is 0.519. The summed E-state index contributed by atoms with van der Waals surface area (Å²) in [6, 6.07) is 11.3. The number of anilines is 1. The van der Waals surface area contributed by atoms with Crippen molar-refractivity contribution in [3.63, 3.8) is 0 Å². The van der Waals surface area contributed by atoms with Crippen LogP contribution in [0.25, 0.3) is 11.4 Å². The lowest BCUT2D eigenvalue weighted by Gasteiger charge is -2.08. The molecule has 1 heterocycles. The molecule has 0 fully saturated rings. The number of benzene rings is 2. The van der Waals surface area contributed by atoms with Gasteiger partial charge in [0.25, 0.3) is 0 Å². The first kappa shape index (κ1) is 19.9. The van der Waals surface area contributed by atoms with E-state index in [0.717, 1.165) is 17.7 Å². The van der Waals surface area contributed by atoms with Crippen LogP contribution >= 0.6 is 11.6 Å². The first-order chi connectivity index (χ1) is 13.3. The van der Waals surface area contributed by atoms with Crippen LogP contribution in [-0.2, 0) is 17.4 Å². The number of hydrogen-bond acceptors (Lipinski definition) is 4. The number of hydrogen-bond donors (Lipinski definition) is 1. The predicted molar refractivity (Wildman–Crippen MR) is 97.8 cm³/mol. The summed E-state index contributed by atoms with van der Waals surface area (Å²) < 4.78 is 42.7. The highest BCUT2D eigenvalue weighted by Gasteiger charge is 2.29. The molecule has 0 saturated carbocycles. The SMILES string of the molecule is O=C(CCCc1nc(-c2ccc(Cl)cc2)no1)Nc1ccc(C(F)(F)F)cc1. The molecule has 0 spiro atoms. The van der Waals surface area contributed by atoms with E-state index >= 15 is 0 Å². The molecule has 0 aliphatic rings. The van der Waals surface area contributed by atoms with Crippen molar-refractivity contribution in [3.8, 4) is 11.4 Å². The minimum Gasteiger partial charge on any atom is -0.339 e. The molecule has 0 aliphatic carbocycles. The van der Waals surface area contributed by atoms with E-state index < -0.39 is 11.7 Å². The highest BCUT2D eigenvalue weighted by atomic mass is 35.5. The van der Waals surface area contributed by atoms with Gasteiger partial charge in [-0.15, -0.1) is 0 Å². The Morgan fingerprint density at radius 3 is 2.39 bits per heavy atom. The van der Waals surface area contributed by atoms with Crippen LogP contribution < -0.4 is 5.32 Å². The zero-order chi connectivity index (χ0) is 20.1. The third-order valence-electron chi connectivity index (χ3n) is 3.86. The molecule has 0 saturated heterocycles. The third-order valence-corrected chi connectivity index (χ3v) is 4.11. The van der Waals surface area contributed by atoms with Crippen molar-refractivity contribution in [2.45, 2.75) is 25.4 Å². The molecule has 0 aliphatic heterocycles. The summed E-state index contributed by atoms with van der Waals surface area (Å²) in [4.78, 5) is 16.2. The zero-order valence-electron chi connectivity index (χ0n) is 14.5. The van der Waals surface area contributed by atoms with Crippen LogP contribution in [0.3, 0.4) is 0 Å². The summed E-state index contributed by atoms with van der Waals surface area (Å²) in [7, 11) is 0. The van der Waals surface area contributed by atoms with Gasteiger partial charge in [0, 0.05) is 29.1 Å². The van der Waals surface area contributed by atoms with E-state index in [-0.39, 0.29) is 12.3 Å². The predicted octanol–water partition coefficient (Wildman–Crippen LogP) is 5.37. The summed E-state index contributed by atoms with van der Waals surface area (Å²) in [5.41, 5.74) is 0.304. The molecule has 0 unspecified atom stereocenters. The van der Waals surface area contributed by atoms with E-state index in [4.69, 9.17) is 16.1 Å². The second-order valence-electron chi connectivity index (χ2n) is 6.00. The maximum Gasteiger partial charge on any atom is 0.416 e. The first-order valence-electron chi connectivity index (χ1n) is 8.37. The molecule has 0 radical (unpaired) electrons. The molecule has 3 aromatic rings. The summed E-state index contributed by atoms with van der Waals surface area (Å²) >= 11 is 5.84. The van der Waals surface area contributed by atoms with Crippen molar-refractivity contribution in [3.05, 3.63) is 65.0 Å².